The number of fused-ring (bicyclic) bond motifs is 1. The van der Waals surface area contributed by atoms with E-state index < -0.39 is 12.0 Å². The van der Waals surface area contributed by atoms with Crippen LogP contribution >= 0.6 is 0 Å². The lowest BCUT2D eigenvalue weighted by Crippen LogP contribution is -2.16. The molecule has 0 aliphatic heterocycles. The van der Waals surface area contributed by atoms with Gasteiger partial charge in [-0.2, -0.15) is 22.7 Å². The van der Waals surface area contributed by atoms with Crippen molar-refractivity contribution < 1.29 is 13.2 Å². The minimum Gasteiger partial charge on any atom is -0.368 e. The zero-order chi connectivity index (χ0) is 17.2. The summed E-state index contributed by atoms with van der Waals surface area (Å²) in [6.07, 6.45) is -2.95. The third-order valence-corrected chi connectivity index (χ3v) is 3.10. The fraction of sp³-hybridized carbons (Fsp3) is 0.286. The molecule has 3 aromatic heterocycles. The Labute approximate surface area is 135 Å². The van der Waals surface area contributed by atoms with Gasteiger partial charge in [0, 0.05) is 31.0 Å². The SMILES string of the molecule is Cc1cc(NCCNc2ccccn2)n2nc(C(F)(F)F)nc2n1. The van der Waals surface area contributed by atoms with Gasteiger partial charge < -0.3 is 10.6 Å². The lowest BCUT2D eigenvalue weighted by molar-refractivity contribution is -0.144. The fourth-order valence-corrected chi connectivity index (χ4v) is 2.08. The summed E-state index contributed by atoms with van der Waals surface area (Å²) < 4.78 is 39.3. The Morgan fingerprint density at radius 1 is 1.12 bits per heavy atom. The van der Waals surface area contributed by atoms with E-state index in [1.807, 2.05) is 18.2 Å². The first-order valence-corrected chi connectivity index (χ1v) is 7.14. The lowest BCUT2D eigenvalue weighted by atomic mass is 10.4. The molecule has 24 heavy (non-hydrogen) atoms. The van der Waals surface area contributed by atoms with Gasteiger partial charge in [0.05, 0.1) is 0 Å². The van der Waals surface area contributed by atoms with Crippen molar-refractivity contribution in [2.24, 2.45) is 0 Å². The zero-order valence-electron chi connectivity index (χ0n) is 12.7. The highest BCUT2D eigenvalue weighted by molar-refractivity contribution is 5.45. The number of nitrogens with zero attached hydrogens (tertiary/aromatic N) is 5. The number of alkyl halides is 3. The van der Waals surface area contributed by atoms with Gasteiger partial charge in [0.15, 0.2) is 0 Å². The summed E-state index contributed by atoms with van der Waals surface area (Å²) in [5.41, 5.74) is 0.545. The summed E-state index contributed by atoms with van der Waals surface area (Å²) in [5, 5.41) is 9.60. The fourth-order valence-electron chi connectivity index (χ4n) is 2.08. The molecule has 3 aromatic rings. The minimum atomic E-state index is -4.61. The van der Waals surface area contributed by atoms with Gasteiger partial charge in [-0.25, -0.2) is 9.97 Å². The second-order valence-electron chi connectivity index (χ2n) is 5.00. The molecule has 0 saturated heterocycles. The molecule has 7 nitrogen and oxygen atoms in total. The van der Waals surface area contributed by atoms with E-state index >= 15 is 0 Å². The topological polar surface area (TPSA) is 80.0 Å². The molecule has 10 heteroatoms. The second-order valence-corrected chi connectivity index (χ2v) is 5.00. The molecule has 2 N–H and O–H groups in total. The van der Waals surface area contributed by atoms with Crippen molar-refractivity contribution in [3.05, 3.63) is 42.0 Å². The number of halogens is 3. The maximum Gasteiger partial charge on any atom is 0.453 e. The zero-order valence-corrected chi connectivity index (χ0v) is 12.7. The number of rotatable bonds is 5. The highest BCUT2D eigenvalue weighted by Gasteiger charge is 2.36. The molecule has 0 bridgehead atoms. The molecule has 0 aliphatic carbocycles. The van der Waals surface area contributed by atoms with Crippen molar-refractivity contribution >= 4 is 17.4 Å². The van der Waals surface area contributed by atoms with Crippen molar-refractivity contribution in [2.75, 3.05) is 23.7 Å². The van der Waals surface area contributed by atoms with Crippen LogP contribution in [-0.2, 0) is 6.18 Å². The van der Waals surface area contributed by atoms with Crippen molar-refractivity contribution in [2.45, 2.75) is 13.1 Å². The number of hydrogen-bond acceptors (Lipinski definition) is 6. The lowest BCUT2D eigenvalue weighted by Gasteiger charge is -2.09. The normalized spacial score (nSPS) is 11.7. The molecule has 0 fully saturated rings. The van der Waals surface area contributed by atoms with Crippen LogP contribution in [0, 0.1) is 6.92 Å². The van der Waals surface area contributed by atoms with E-state index in [1.54, 1.807) is 19.2 Å². The Balaban J connectivity index is 1.72. The highest BCUT2D eigenvalue weighted by Crippen LogP contribution is 2.27. The van der Waals surface area contributed by atoms with Gasteiger partial charge in [-0.15, -0.1) is 5.10 Å². The second kappa shape index (κ2) is 6.30. The van der Waals surface area contributed by atoms with Gasteiger partial charge in [0.2, 0.25) is 0 Å². The maximum absolute atomic E-state index is 12.7. The Bertz CT molecular complexity index is 829. The summed E-state index contributed by atoms with van der Waals surface area (Å²) in [4.78, 5) is 11.5. The molecule has 126 valence electrons. The standard InChI is InChI=1S/C14H14F3N7/c1-9-8-11(20-7-6-19-10-4-2-3-5-18-10)24-13(21-9)22-12(23-24)14(15,16)17/h2-5,8,20H,6-7H2,1H3,(H,18,19). The molecule has 3 rings (SSSR count). The number of hydrogen-bond donors (Lipinski definition) is 2. The summed E-state index contributed by atoms with van der Waals surface area (Å²) in [6, 6.07) is 7.10. The molecular formula is C14H14F3N7. The number of aromatic nitrogens is 5. The third-order valence-electron chi connectivity index (χ3n) is 3.10. The van der Waals surface area contributed by atoms with Crippen molar-refractivity contribution in [1.29, 1.82) is 0 Å². The maximum atomic E-state index is 12.7. The van der Waals surface area contributed by atoms with E-state index in [0.717, 1.165) is 10.3 Å². The molecule has 0 amide bonds. The molecule has 0 unspecified atom stereocenters. The summed E-state index contributed by atoms with van der Waals surface area (Å²) in [7, 11) is 0. The number of pyridine rings is 1. The molecule has 0 atom stereocenters. The molecule has 0 aliphatic rings. The van der Waals surface area contributed by atoms with E-state index in [1.165, 1.54) is 0 Å². The van der Waals surface area contributed by atoms with Crippen LogP contribution in [0.1, 0.15) is 11.5 Å². The van der Waals surface area contributed by atoms with Gasteiger partial charge in [-0.1, -0.05) is 6.07 Å². The first-order valence-electron chi connectivity index (χ1n) is 7.14. The predicted molar refractivity (Wildman–Crippen MR) is 81.7 cm³/mol. The summed E-state index contributed by atoms with van der Waals surface area (Å²) in [6.45, 7) is 2.66. The van der Waals surface area contributed by atoms with Crippen LogP contribution in [-0.4, -0.2) is 37.7 Å². The van der Waals surface area contributed by atoms with E-state index in [-0.39, 0.29) is 5.78 Å². The predicted octanol–water partition coefficient (Wildman–Crippen LogP) is 2.37. The van der Waals surface area contributed by atoms with Crippen LogP contribution in [0.25, 0.3) is 5.78 Å². The van der Waals surface area contributed by atoms with E-state index in [9.17, 15) is 13.2 Å². The Kier molecular flexibility index (Phi) is 4.19. The molecule has 0 spiro atoms. The Morgan fingerprint density at radius 3 is 2.62 bits per heavy atom. The number of nitrogens with one attached hydrogen (secondary N) is 2. The summed E-state index contributed by atoms with van der Waals surface area (Å²) >= 11 is 0. The largest absolute Gasteiger partial charge is 0.453 e. The molecular weight excluding hydrogens is 323 g/mol. The van der Waals surface area contributed by atoms with E-state index in [2.05, 4.69) is 30.7 Å². The van der Waals surface area contributed by atoms with Crippen LogP contribution in [0.2, 0.25) is 0 Å². The number of aryl methyl sites for hydroxylation is 1. The van der Waals surface area contributed by atoms with E-state index in [4.69, 9.17) is 0 Å². The number of anilines is 2. The molecule has 3 heterocycles. The first-order chi connectivity index (χ1) is 11.4. The monoisotopic (exact) mass is 337 g/mol. The van der Waals surface area contributed by atoms with Crippen LogP contribution < -0.4 is 10.6 Å². The Hall–Kier alpha value is -2.91. The highest BCUT2D eigenvalue weighted by atomic mass is 19.4. The minimum absolute atomic E-state index is 0.0949. The van der Waals surface area contributed by atoms with Crippen LogP contribution in [0.3, 0.4) is 0 Å². The Morgan fingerprint density at radius 2 is 1.92 bits per heavy atom. The van der Waals surface area contributed by atoms with Gasteiger partial charge in [-0.05, 0) is 19.1 Å². The average molecular weight is 337 g/mol. The van der Waals surface area contributed by atoms with Crippen molar-refractivity contribution in [3.8, 4) is 0 Å². The van der Waals surface area contributed by atoms with E-state index in [0.29, 0.717) is 24.6 Å². The third kappa shape index (κ3) is 3.53. The molecule has 0 saturated carbocycles. The van der Waals surface area contributed by atoms with Gasteiger partial charge in [-0.3, -0.25) is 0 Å². The van der Waals surface area contributed by atoms with Crippen LogP contribution in [0.15, 0.2) is 30.5 Å². The smallest absolute Gasteiger partial charge is 0.368 e. The first kappa shape index (κ1) is 16.0. The quantitative estimate of drug-likeness (QED) is 0.696. The van der Waals surface area contributed by atoms with Crippen LogP contribution in [0.5, 0.6) is 0 Å². The van der Waals surface area contributed by atoms with Crippen molar-refractivity contribution in [1.82, 2.24) is 24.6 Å². The molecule has 0 radical (unpaired) electrons. The van der Waals surface area contributed by atoms with Gasteiger partial charge >= 0.3 is 6.18 Å². The van der Waals surface area contributed by atoms with Crippen molar-refractivity contribution in [3.63, 3.8) is 0 Å². The van der Waals surface area contributed by atoms with Gasteiger partial charge in [0.25, 0.3) is 11.6 Å². The van der Waals surface area contributed by atoms with Gasteiger partial charge in [0.1, 0.15) is 11.6 Å². The average Bonchev–Trinajstić information content (AvgIpc) is 2.96. The molecule has 0 aromatic carbocycles. The summed E-state index contributed by atoms with van der Waals surface area (Å²) in [5.74, 6) is -0.198. The van der Waals surface area contributed by atoms with Crippen LogP contribution in [0.4, 0.5) is 24.8 Å².